The van der Waals surface area contributed by atoms with Crippen molar-refractivity contribution in [2.24, 2.45) is 5.92 Å². The summed E-state index contributed by atoms with van der Waals surface area (Å²) in [4.78, 5) is 12.2. The molecule has 8 nitrogen and oxygen atoms in total. The fourth-order valence-electron chi connectivity index (χ4n) is 4.17. The molecule has 2 aliphatic heterocycles. The molecule has 2 saturated heterocycles. The van der Waals surface area contributed by atoms with Crippen LogP contribution in [0.15, 0.2) is 29.2 Å². The molecule has 1 saturated carbocycles. The molecule has 0 spiro atoms. The minimum absolute atomic E-state index is 0.0193. The third kappa shape index (κ3) is 5.61. The zero-order valence-electron chi connectivity index (χ0n) is 17.3. The minimum Gasteiger partial charge on any atom is -0.389 e. The van der Waals surface area contributed by atoms with Crippen LogP contribution in [0.25, 0.3) is 0 Å². The third-order valence-corrected chi connectivity index (χ3v) is 7.96. The summed E-state index contributed by atoms with van der Waals surface area (Å²) in [5, 5.41) is 13.2. The van der Waals surface area contributed by atoms with Crippen LogP contribution in [0.4, 0.5) is 4.39 Å². The topological polar surface area (TPSA) is 105 Å². The first-order chi connectivity index (χ1) is 14.8. The van der Waals surface area contributed by atoms with E-state index in [0.717, 1.165) is 25.0 Å². The number of nitrogens with one attached hydrogen (secondary N) is 1. The van der Waals surface area contributed by atoms with E-state index in [1.807, 2.05) is 0 Å². The van der Waals surface area contributed by atoms with Crippen molar-refractivity contribution < 1.29 is 32.2 Å². The predicted octanol–water partition coefficient (Wildman–Crippen LogP) is 1.04. The molecule has 3 aliphatic rings. The normalized spacial score (nSPS) is 30.1. The quantitative estimate of drug-likeness (QED) is 0.663. The molecule has 10 heteroatoms. The second-order valence-electron chi connectivity index (χ2n) is 8.61. The molecule has 2 heterocycles. The summed E-state index contributed by atoms with van der Waals surface area (Å²) < 4.78 is 52.8. The summed E-state index contributed by atoms with van der Waals surface area (Å²) in [5.41, 5.74) is 0. The summed E-state index contributed by atoms with van der Waals surface area (Å²) in [6, 6.07) is 4.09. The van der Waals surface area contributed by atoms with Crippen molar-refractivity contribution >= 4 is 15.9 Å². The van der Waals surface area contributed by atoms with Gasteiger partial charge in [0.2, 0.25) is 15.9 Å². The van der Waals surface area contributed by atoms with Crippen molar-refractivity contribution in [3.63, 3.8) is 0 Å². The Bertz CT molecular complexity index is 876. The molecule has 172 valence electrons. The van der Waals surface area contributed by atoms with Gasteiger partial charge in [-0.05, 0) is 55.9 Å². The fraction of sp³-hybridized carbons (Fsp3) is 0.667. The minimum atomic E-state index is -3.98. The van der Waals surface area contributed by atoms with Gasteiger partial charge in [-0.2, -0.15) is 4.31 Å². The number of fused-ring (bicyclic) bond motifs is 1. The van der Waals surface area contributed by atoms with Crippen LogP contribution in [0.1, 0.15) is 32.1 Å². The van der Waals surface area contributed by atoms with E-state index in [4.69, 9.17) is 9.47 Å². The summed E-state index contributed by atoms with van der Waals surface area (Å²) in [6.07, 6.45) is 1.68. The summed E-state index contributed by atoms with van der Waals surface area (Å²) in [5.74, 6) is 0.00585. The van der Waals surface area contributed by atoms with Crippen LogP contribution in [0, 0.1) is 11.7 Å². The second kappa shape index (κ2) is 9.50. The molecule has 4 rings (SSSR count). The molecule has 1 aliphatic carbocycles. The Labute approximate surface area is 181 Å². The largest absolute Gasteiger partial charge is 0.389 e. The Morgan fingerprint density at radius 2 is 1.90 bits per heavy atom. The number of hydrogen-bond acceptors (Lipinski definition) is 6. The molecule has 1 aromatic rings. The van der Waals surface area contributed by atoms with Gasteiger partial charge < -0.3 is 19.9 Å². The number of rotatable bonds is 6. The van der Waals surface area contributed by atoms with Gasteiger partial charge >= 0.3 is 0 Å². The van der Waals surface area contributed by atoms with Gasteiger partial charge in [0.15, 0.2) is 0 Å². The number of ether oxygens (including phenoxy) is 2. The molecule has 1 aromatic carbocycles. The van der Waals surface area contributed by atoms with E-state index in [0.29, 0.717) is 25.3 Å². The Balaban J connectivity index is 1.47. The lowest BCUT2D eigenvalue weighted by Gasteiger charge is -2.43. The van der Waals surface area contributed by atoms with Gasteiger partial charge in [0, 0.05) is 13.1 Å². The SMILES string of the molecule is O=C(C[C@H]1CC[C@@H]2[C@H](COC[C@H](O)CN2S(=O)(=O)c2ccc(F)cc2)O1)NCC1CC1. The van der Waals surface area contributed by atoms with E-state index in [1.165, 1.54) is 16.4 Å². The molecule has 0 unspecified atom stereocenters. The first-order valence-electron chi connectivity index (χ1n) is 10.8. The number of carbonyl (C=O) groups is 1. The number of halogens is 1. The van der Waals surface area contributed by atoms with Gasteiger partial charge in [0.05, 0.1) is 48.9 Å². The number of amides is 1. The number of aliphatic hydroxyl groups is 1. The maximum Gasteiger partial charge on any atom is 0.243 e. The fourth-order valence-corrected chi connectivity index (χ4v) is 5.89. The Morgan fingerprint density at radius 3 is 2.61 bits per heavy atom. The van der Waals surface area contributed by atoms with E-state index >= 15 is 0 Å². The Morgan fingerprint density at radius 1 is 1.16 bits per heavy atom. The van der Waals surface area contributed by atoms with Crippen molar-refractivity contribution in [2.75, 3.05) is 26.3 Å². The summed E-state index contributed by atoms with van der Waals surface area (Å²) >= 11 is 0. The molecule has 0 bridgehead atoms. The van der Waals surface area contributed by atoms with Crippen LogP contribution < -0.4 is 5.32 Å². The second-order valence-corrected chi connectivity index (χ2v) is 10.5. The average Bonchev–Trinajstić information content (AvgIpc) is 3.54. The maximum absolute atomic E-state index is 13.3. The smallest absolute Gasteiger partial charge is 0.243 e. The van der Waals surface area contributed by atoms with Gasteiger partial charge in [-0.1, -0.05) is 0 Å². The molecule has 2 N–H and O–H groups in total. The zero-order valence-corrected chi connectivity index (χ0v) is 18.1. The molecular weight excluding hydrogens is 427 g/mol. The highest BCUT2D eigenvalue weighted by atomic mass is 32.2. The molecule has 31 heavy (non-hydrogen) atoms. The Hall–Kier alpha value is -1.59. The van der Waals surface area contributed by atoms with Gasteiger partial charge in [-0.25, -0.2) is 12.8 Å². The number of sulfonamides is 1. The van der Waals surface area contributed by atoms with Crippen molar-refractivity contribution in [3.05, 3.63) is 30.1 Å². The standard InChI is InChI=1S/C21H29FN2O6S/c22-15-3-6-18(7-4-15)31(27,28)24-11-16(25)12-29-13-20-19(24)8-5-17(30-20)9-21(26)23-10-14-1-2-14/h3-4,6-7,14,16-17,19-20,25H,1-2,5,8-13H2,(H,23,26)/t16-,17-,19-,20+/m1/s1. The van der Waals surface area contributed by atoms with Crippen LogP contribution in [0.5, 0.6) is 0 Å². The lowest BCUT2D eigenvalue weighted by atomic mass is 9.96. The van der Waals surface area contributed by atoms with Crippen molar-refractivity contribution in [1.82, 2.24) is 9.62 Å². The van der Waals surface area contributed by atoms with Gasteiger partial charge in [0.1, 0.15) is 5.82 Å². The first kappa shape index (κ1) is 22.6. The molecule has 3 fully saturated rings. The molecule has 1 amide bonds. The Kier molecular flexibility index (Phi) is 6.92. The zero-order chi connectivity index (χ0) is 22.0. The van der Waals surface area contributed by atoms with Crippen molar-refractivity contribution in [3.8, 4) is 0 Å². The van der Waals surface area contributed by atoms with Gasteiger partial charge in [-0.3, -0.25) is 4.79 Å². The number of benzene rings is 1. The number of β-amino-alcohol motifs (C(OH)–C–C–N with tert-alkyl or cyclic N) is 1. The van der Waals surface area contributed by atoms with Crippen LogP contribution in [-0.2, 0) is 24.3 Å². The number of aliphatic hydroxyl groups excluding tert-OH is 1. The van der Waals surface area contributed by atoms with E-state index in [2.05, 4.69) is 5.32 Å². The van der Waals surface area contributed by atoms with Crippen LogP contribution in [0.3, 0.4) is 0 Å². The van der Waals surface area contributed by atoms with E-state index in [9.17, 15) is 22.7 Å². The number of carbonyl (C=O) groups excluding carboxylic acids is 1. The van der Waals surface area contributed by atoms with Gasteiger partial charge in [0.25, 0.3) is 0 Å². The van der Waals surface area contributed by atoms with E-state index in [1.54, 1.807) is 0 Å². The first-order valence-corrected chi connectivity index (χ1v) is 12.2. The third-order valence-electron chi connectivity index (χ3n) is 6.05. The maximum atomic E-state index is 13.3. The highest BCUT2D eigenvalue weighted by molar-refractivity contribution is 7.89. The highest BCUT2D eigenvalue weighted by Gasteiger charge is 2.43. The van der Waals surface area contributed by atoms with Gasteiger partial charge in [-0.15, -0.1) is 0 Å². The highest BCUT2D eigenvalue weighted by Crippen LogP contribution is 2.32. The monoisotopic (exact) mass is 456 g/mol. The van der Waals surface area contributed by atoms with Crippen LogP contribution >= 0.6 is 0 Å². The molecule has 0 aromatic heterocycles. The summed E-state index contributed by atoms with van der Waals surface area (Å²) in [7, 11) is -3.98. The van der Waals surface area contributed by atoms with E-state index < -0.39 is 34.1 Å². The molecule has 0 radical (unpaired) electrons. The van der Waals surface area contributed by atoms with Crippen LogP contribution in [-0.4, -0.2) is 74.4 Å². The lowest BCUT2D eigenvalue weighted by molar-refractivity contribution is -0.146. The average molecular weight is 457 g/mol. The molecule has 4 atom stereocenters. The predicted molar refractivity (Wildman–Crippen MR) is 109 cm³/mol. The summed E-state index contributed by atoms with van der Waals surface area (Å²) in [6.45, 7) is 0.658. The van der Waals surface area contributed by atoms with Crippen molar-refractivity contribution in [1.29, 1.82) is 0 Å². The molecular formula is C21H29FN2O6S. The van der Waals surface area contributed by atoms with E-state index in [-0.39, 0.29) is 43.1 Å². The van der Waals surface area contributed by atoms with Crippen LogP contribution in [0.2, 0.25) is 0 Å². The lowest BCUT2D eigenvalue weighted by Crippen LogP contribution is -2.57. The number of hydrogen-bond donors (Lipinski definition) is 2. The number of nitrogens with zero attached hydrogens (tertiary/aromatic N) is 1. The van der Waals surface area contributed by atoms with Crippen molar-refractivity contribution in [2.45, 2.75) is 61.4 Å².